The average Bonchev–Trinajstić information content (AvgIpc) is 2.70. The maximum atomic E-state index is 11.8. The summed E-state index contributed by atoms with van der Waals surface area (Å²) in [6, 6.07) is 6.02. The van der Waals surface area contributed by atoms with Crippen LogP contribution in [0.2, 0.25) is 0 Å². The fourth-order valence-corrected chi connectivity index (χ4v) is 4.47. The van der Waals surface area contributed by atoms with Gasteiger partial charge in [-0.2, -0.15) is 0 Å². The van der Waals surface area contributed by atoms with E-state index in [1.54, 1.807) is 7.11 Å². The summed E-state index contributed by atoms with van der Waals surface area (Å²) in [4.78, 5) is 11.8. The normalized spacial score (nSPS) is 27.4. The van der Waals surface area contributed by atoms with Crippen molar-refractivity contribution in [2.75, 3.05) is 20.8 Å². The summed E-state index contributed by atoms with van der Waals surface area (Å²) >= 11 is 0. The number of hydrogen-bond donors (Lipinski definition) is 3. The first-order chi connectivity index (χ1) is 13.9. The molecule has 1 heterocycles. The number of carbonyl (C=O) groups is 1. The van der Waals surface area contributed by atoms with Gasteiger partial charge in [-0.05, 0) is 69.2 Å². The number of hydrogen-bond acceptors (Lipinski definition) is 6. The van der Waals surface area contributed by atoms with Gasteiger partial charge in [0.15, 0.2) is 11.9 Å². The van der Waals surface area contributed by atoms with Crippen LogP contribution >= 0.6 is 0 Å². The van der Waals surface area contributed by atoms with Crippen molar-refractivity contribution >= 4 is 11.6 Å². The van der Waals surface area contributed by atoms with E-state index in [1.807, 2.05) is 18.2 Å². The Bertz CT molecular complexity index is 744. The highest BCUT2D eigenvalue weighted by Crippen LogP contribution is 2.32. The molecule has 7 nitrogen and oxygen atoms in total. The van der Waals surface area contributed by atoms with E-state index in [2.05, 4.69) is 5.32 Å². The highest BCUT2D eigenvalue weighted by molar-refractivity contribution is 5.97. The third kappa shape index (κ3) is 4.97. The van der Waals surface area contributed by atoms with Gasteiger partial charge in [-0.15, -0.1) is 0 Å². The van der Waals surface area contributed by atoms with Crippen LogP contribution in [-0.4, -0.2) is 56.2 Å². The molecule has 1 unspecified atom stereocenters. The summed E-state index contributed by atoms with van der Waals surface area (Å²) in [6.07, 6.45) is 4.32. The number of ketones is 1. The van der Waals surface area contributed by atoms with Gasteiger partial charge in [-0.1, -0.05) is 0 Å². The van der Waals surface area contributed by atoms with Gasteiger partial charge < -0.3 is 25.3 Å². The Morgan fingerprint density at radius 1 is 1.34 bits per heavy atom. The van der Waals surface area contributed by atoms with Gasteiger partial charge in [0.1, 0.15) is 17.7 Å². The largest absolute Gasteiger partial charge is 0.487 e. The van der Waals surface area contributed by atoms with Crippen LogP contribution in [-0.2, 0) is 20.7 Å². The second kappa shape index (κ2) is 9.24. The maximum Gasteiger partial charge on any atom is 0.162 e. The Kier molecular flexibility index (Phi) is 6.93. The lowest BCUT2D eigenvalue weighted by molar-refractivity contribution is -0.132. The zero-order valence-corrected chi connectivity index (χ0v) is 17.6. The molecule has 1 saturated carbocycles. The minimum Gasteiger partial charge on any atom is -0.487 e. The quantitative estimate of drug-likeness (QED) is 0.476. The first-order valence-electron chi connectivity index (χ1n) is 10.3. The van der Waals surface area contributed by atoms with Crippen molar-refractivity contribution in [2.45, 2.75) is 69.2 Å². The van der Waals surface area contributed by atoms with Crippen LogP contribution in [0.25, 0.3) is 0 Å². The highest BCUT2D eigenvalue weighted by Gasteiger charge is 2.36. The van der Waals surface area contributed by atoms with Gasteiger partial charge in [0.2, 0.25) is 0 Å². The molecular weight excluding hydrogens is 370 g/mol. The van der Waals surface area contributed by atoms with E-state index in [0.717, 1.165) is 49.0 Å². The Morgan fingerprint density at radius 2 is 2.07 bits per heavy atom. The molecule has 0 amide bonds. The lowest BCUT2D eigenvalue weighted by atomic mass is 9.80. The molecule has 4 N–H and O–H groups in total. The molecule has 1 aromatic rings. The number of fused-ring (bicyclic) bond motifs is 1. The minimum absolute atomic E-state index is 0.0285. The standard InChI is InChI=1S/C22H33N3O4/c1-14(26)20(28-3)19-7-4-15-12-16(5-6-18(15)29-19)21(24)25-22(13-27-2)10-8-17(23)9-11-22/h5-6,12,17,19-20H,4,7-11,13,23H2,1-3H3,(H2,24,25)/t17-,19-,20?,22+/m1/s1. The van der Waals surface area contributed by atoms with Crippen molar-refractivity contribution in [3.63, 3.8) is 0 Å². The monoisotopic (exact) mass is 403 g/mol. The number of methoxy groups -OCH3 is 2. The number of nitrogens with one attached hydrogen (secondary N) is 2. The molecule has 29 heavy (non-hydrogen) atoms. The molecule has 2 atom stereocenters. The van der Waals surface area contributed by atoms with Gasteiger partial charge in [0.05, 0.1) is 12.1 Å². The maximum absolute atomic E-state index is 11.8. The molecule has 1 fully saturated rings. The molecular formula is C22H33N3O4. The van der Waals surface area contributed by atoms with Gasteiger partial charge in [0, 0.05) is 25.8 Å². The van der Waals surface area contributed by atoms with E-state index >= 15 is 0 Å². The summed E-state index contributed by atoms with van der Waals surface area (Å²) in [5.41, 5.74) is 7.70. The average molecular weight is 404 g/mol. The number of carbonyl (C=O) groups excluding carboxylic acids is 1. The Morgan fingerprint density at radius 3 is 2.69 bits per heavy atom. The fourth-order valence-electron chi connectivity index (χ4n) is 4.47. The number of aryl methyl sites for hydroxylation is 1. The molecule has 0 aromatic heterocycles. The fraction of sp³-hybridized carbons (Fsp3) is 0.636. The van der Waals surface area contributed by atoms with Crippen LogP contribution in [0.1, 0.15) is 50.2 Å². The summed E-state index contributed by atoms with van der Waals surface area (Å²) in [5, 5.41) is 12.1. The third-order valence-corrected chi connectivity index (χ3v) is 6.12. The van der Waals surface area contributed by atoms with E-state index in [4.69, 9.17) is 25.4 Å². The number of benzene rings is 1. The Labute approximate surface area is 172 Å². The molecule has 7 heteroatoms. The zero-order chi connectivity index (χ0) is 21.0. The Balaban J connectivity index is 1.71. The second-order valence-corrected chi connectivity index (χ2v) is 8.34. The number of rotatable bonds is 7. The zero-order valence-electron chi connectivity index (χ0n) is 17.6. The van der Waals surface area contributed by atoms with Gasteiger partial charge in [-0.3, -0.25) is 10.2 Å². The number of Topliss-reactive ketones (excluding diaryl/α,β-unsaturated/α-hetero) is 1. The summed E-state index contributed by atoms with van der Waals surface area (Å²) in [5.74, 6) is 1.12. The SMILES string of the molecule is COC[C@]1(NC(=N)c2ccc3c(c2)CC[C@H](C(OC)C(C)=O)O3)CC[C@@H](N)CC1. The van der Waals surface area contributed by atoms with Crippen molar-refractivity contribution in [3.8, 4) is 5.75 Å². The molecule has 0 saturated heterocycles. The van der Waals surface area contributed by atoms with E-state index in [1.165, 1.54) is 14.0 Å². The Hall–Kier alpha value is -1.96. The van der Waals surface area contributed by atoms with Crippen LogP contribution in [0.3, 0.4) is 0 Å². The first-order valence-corrected chi connectivity index (χ1v) is 10.3. The molecule has 0 radical (unpaired) electrons. The lowest BCUT2D eigenvalue weighted by Gasteiger charge is -2.40. The number of ether oxygens (including phenoxy) is 3. The molecule has 2 aliphatic rings. The first kappa shape index (κ1) is 21.7. The van der Waals surface area contributed by atoms with Crippen molar-refractivity contribution in [3.05, 3.63) is 29.3 Å². The second-order valence-electron chi connectivity index (χ2n) is 8.34. The van der Waals surface area contributed by atoms with Crippen LogP contribution in [0, 0.1) is 5.41 Å². The smallest absolute Gasteiger partial charge is 0.162 e. The topological polar surface area (TPSA) is 107 Å². The van der Waals surface area contributed by atoms with E-state index in [9.17, 15) is 4.79 Å². The predicted molar refractivity (Wildman–Crippen MR) is 112 cm³/mol. The lowest BCUT2D eigenvalue weighted by Crippen LogP contribution is -2.55. The van der Waals surface area contributed by atoms with E-state index in [0.29, 0.717) is 18.9 Å². The molecule has 0 spiro atoms. The third-order valence-electron chi connectivity index (χ3n) is 6.12. The van der Waals surface area contributed by atoms with Crippen LogP contribution < -0.4 is 15.8 Å². The number of nitrogens with two attached hydrogens (primary N) is 1. The summed E-state index contributed by atoms with van der Waals surface area (Å²) in [7, 11) is 3.23. The predicted octanol–water partition coefficient (Wildman–Crippen LogP) is 2.19. The van der Waals surface area contributed by atoms with Crippen molar-refractivity contribution < 1.29 is 19.0 Å². The van der Waals surface area contributed by atoms with Crippen LogP contribution in [0.4, 0.5) is 0 Å². The highest BCUT2D eigenvalue weighted by atomic mass is 16.5. The van der Waals surface area contributed by atoms with Crippen molar-refractivity contribution in [1.29, 1.82) is 5.41 Å². The molecule has 0 bridgehead atoms. The van der Waals surface area contributed by atoms with Crippen LogP contribution in [0.5, 0.6) is 5.75 Å². The van der Waals surface area contributed by atoms with Gasteiger partial charge in [-0.25, -0.2) is 0 Å². The molecule has 3 rings (SSSR count). The molecule has 1 aliphatic heterocycles. The van der Waals surface area contributed by atoms with Crippen molar-refractivity contribution in [2.24, 2.45) is 5.73 Å². The van der Waals surface area contributed by atoms with Gasteiger partial charge >= 0.3 is 0 Å². The van der Waals surface area contributed by atoms with E-state index in [-0.39, 0.29) is 23.5 Å². The van der Waals surface area contributed by atoms with E-state index < -0.39 is 6.10 Å². The molecule has 1 aliphatic carbocycles. The summed E-state index contributed by atoms with van der Waals surface area (Å²) < 4.78 is 16.8. The minimum atomic E-state index is -0.547. The molecule has 1 aromatic carbocycles. The van der Waals surface area contributed by atoms with Crippen LogP contribution in [0.15, 0.2) is 18.2 Å². The summed E-state index contributed by atoms with van der Waals surface area (Å²) in [6.45, 7) is 2.08. The number of amidine groups is 1. The van der Waals surface area contributed by atoms with Crippen molar-refractivity contribution in [1.82, 2.24) is 5.32 Å². The molecule has 160 valence electrons. The van der Waals surface area contributed by atoms with Gasteiger partial charge in [0.25, 0.3) is 0 Å².